The van der Waals surface area contributed by atoms with Crippen LogP contribution >= 0.6 is 0 Å². The average molecular weight is 328 g/mol. The predicted octanol–water partition coefficient (Wildman–Crippen LogP) is 1.39. The Hall–Kier alpha value is -2.96. The van der Waals surface area contributed by atoms with Crippen molar-refractivity contribution in [3.63, 3.8) is 0 Å². The van der Waals surface area contributed by atoms with Gasteiger partial charge in [0.15, 0.2) is 0 Å². The molecule has 1 aromatic heterocycles. The molecule has 2 amide bonds. The Bertz CT molecular complexity index is 794. The SMILES string of the molecule is CC(=O)Nc1ccc(-c2ccc(=O)n(CC(=O)NC(C)C)n2)cc1. The van der Waals surface area contributed by atoms with E-state index < -0.39 is 0 Å². The van der Waals surface area contributed by atoms with Crippen LogP contribution in [0.3, 0.4) is 0 Å². The molecule has 0 aliphatic rings. The fourth-order valence-corrected chi connectivity index (χ4v) is 2.15. The lowest BCUT2D eigenvalue weighted by molar-refractivity contribution is -0.122. The Kier molecular flexibility index (Phi) is 5.47. The summed E-state index contributed by atoms with van der Waals surface area (Å²) in [7, 11) is 0. The lowest BCUT2D eigenvalue weighted by Crippen LogP contribution is -2.36. The molecule has 0 saturated carbocycles. The predicted molar refractivity (Wildman–Crippen MR) is 91.5 cm³/mol. The zero-order valence-corrected chi connectivity index (χ0v) is 13.9. The smallest absolute Gasteiger partial charge is 0.267 e. The number of aromatic nitrogens is 2. The lowest BCUT2D eigenvalue weighted by atomic mass is 10.1. The van der Waals surface area contributed by atoms with E-state index in [1.165, 1.54) is 13.0 Å². The average Bonchev–Trinajstić information content (AvgIpc) is 2.49. The second-order valence-corrected chi connectivity index (χ2v) is 5.70. The van der Waals surface area contributed by atoms with Crippen LogP contribution < -0.4 is 16.2 Å². The van der Waals surface area contributed by atoms with Crippen molar-refractivity contribution >= 4 is 17.5 Å². The van der Waals surface area contributed by atoms with E-state index in [1.807, 2.05) is 13.8 Å². The molecule has 1 heterocycles. The third kappa shape index (κ3) is 4.77. The van der Waals surface area contributed by atoms with E-state index in [0.717, 1.165) is 10.2 Å². The van der Waals surface area contributed by atoms with Crippen molar-refractivity contribution in [3.8, 4) is 11.3 Å². The molecule has 0 unspecified atom stereocenters. The maximum Gasteiger partial charge on any atom is 0.267 e. The first kappa shape index (κ1) is 17.4. The van der Waals surface area contributed by atoms with E-state index in [9.17, 15) is 14.4 Å². The number of anilines is 1. The zero-order valence-electron chi connectivity index (χ0n) is 13.9. The van der Waals surface area contributed by atoms with E-state index in [0.29, 0.717) is 11.4 Å². The molecule has 126 valence electrons. The monoisotopic (exact) mass is 328 g/mol. The normalized spacial score (nSPS) is 10.5. The summed E-state index contributed by atoms with van der Waals surface area (Å²) in [5, 5.41) is 9.64. The molecule has 0 spiro atoms. The van der Waals surface area contributed by atoms with Gasteiger partial charge >= 0.3 is 0 Å². The summed E-state index contributed by atoms with van der Waals surface area (Å²) >= 11 is 0. The number of carbonyl (C=O) groups is 2. The maximum atomic E-state index is 11.9. The van der Waals surface area contributed by atoms with Crippen LogP contribution in [0.5, 0.6) is 0 Å². The molecule has 0 saturated heterocycles. The largest absolute Gasteiger partial charge is 0.352 e. The fourth-order valence-electron chi connectivity index (χ4n) is 2.15. The first-order valence-corrected chi connectivity index (χ1v) is 7.60. The molecule has 0 aliphatic carbocycles. The third-order valence-corrected chi connectivity index (χ3v) is 3.11. The molecule has 0 atom stereocenters. The summed E-state index contributed by atoms with van der Waals surface area (Å²) in [5.74, 6) is -0.414. The summed E-state index contributed by atoms with van der Waals surface area (Å²) in [6.45, 7) is 5.00. The first-order valence-electron chi connectivity index (χ1n) is 7.60. The number of amides is 2. The topological polar surface area (TPSA) is 93.1 Å². The number of rotatable bonds is 5. The number of benzene rings is 1. The molecule has 2 N–H and O–H groups in total. The summed E-state index contributed by atoms with van der Waals surface area (Å²) in [6, 6.07) is 10.1. The standard InChI is InChI=1S/C17H20N4O3/c1-11(2)18-16(23)10-21-17(24)9-8-15(20-21)13-4-6-14(7-5-13)19-12(3)22/h4-9,11H,10H2,1-3H3,(H,18,23)(H,19,22). The molecule has 7 heteroatoms. The van der Waals surface area contributed by atoms with Crippen molar-refractivity contribution in [1.82, 2.24) is 15.1 Å². The minimum atomic E-state index is -0.340. The van der Waals surface area contributed by atoms with Gasteiger partial charge in [0, 0.05) is 30.3 Å². The van der Waals surface area contributed by atoms with Crippen LogP contribution in [0.25, 0.3) is 11.3 Å². The van der Waals surface area contributed by atoms with Gasteiger partial charge in [-0.3, -0.25) is 14.4 Å². The van der Waals surface area contributed by atoms with Crippen molar-refractivity contribution in [2.75, 3.05) is 5.32 Å². The second kappa shape index (κ2) is 7.54. The van der Waals surface area contributed by atoms with E-state index >= 15 is 0 Å². The molecular weight excluding hydrogens is 308 g/mol. The van der Waals surface area contributed by atoms with Crippen LogP contribution in [0, 0.1) is 0 Å². The number of hydrogen-bond acceptors (Lipinski definition) is 4. The van der Waals surface area contributed by atoms with Crippen LogP contribution in [-0.2, 0) is 16.1 Å². The summed E-state index contributed by atoms with van der Waals surface area (Å²) in [4.78, 5) is 34.7. The van der Waals surface area contributed by atoms with Gasteiger partial charge in [0.25, 0.3) is 5.56 Å². The Labute approximate surface area is 139 Å². The van der Waals surface area contributed by atoms with Gasteiger partial charge in [-0.05, 0) is 32.0 Å². The molecule has 0 fully saturated rings. The van der Waals surface area contributed by atoms with Gasteiger partial charge in [-0.15, -0.1) is 0 Å². The molecule has 0 aliphatic heterocycles. The maximum absolute atomic E-state index is 11.9. The highest BCUT2D eigenvalue weighted by Gasteiger charge is 2.09. The van der Waals surface area contributed by atoms with Crippen molar-refractivity contribution < 1.29 is 9.59 Å². The van der Waals surface area contributed by atoms with Crippen LogP contribution in [0.4, 0.5) is 5.69 Å². The summed E-state index contributed by atoms with van der Waals surface area (Å²) in [6.07, 6.45) is 0. The molecule has 24 heavy (non-hydrogen) atoms. The lowest BCUT2D eigenvalue weighted by Gasteiger charge is -2.10. The van der Waals surface area contributed by atoms with Gasteiger partial charge in [-0.1, -0.05) is 12.1 Å². The molecule has 0 radical (unpaired) electrons. The minimum absolute atomic E-state index is 0.00212. The van der Waals surface area contributed by atoms with Gasteiger partial charge in [0.1, 0.15) is 6.54 Å². The summed E-state index contributed by atoms with van der Waals surface area (Å²) < 4.78 is 1.13. The van der Waals surface area contributed by atoms with E-state index in [4.69, 9.17) is 0 Å². The van der Waals surface area contributed by atoms with E-state index in [2.05, 4.69) is 15.7 Å². The second-order valence-electron chi connectivity index (χ2n) is 5.70. The van der Waals surface area contributed by atoms with Crippen LogP contribution in [0.2, 0.25) is 0 Å². The van der Waals surface area contributed by atoms with Crippen molar-refractivity contribution in [3.05, 3.63) is 46.8 Å². The van der Waals surface area contributed by atoms with Gasteiger partial charge < -0.3 is 10.6 Å². The Balaban J connectivity index is 2.22. The third-order valence-electron chi connectivity index (χ3n) is 3.11. The van der Waals surface area contributed by atoms with Crippen molar-refractivity contribution in [2.45, 2.75) is 33.4 Å². The van der Waals surface area contributed by atoms with Crippen molar-refractivity contribution in [1.29, 1.82) is 0 Å². The summed E-state index contributed by atoms with van der Waals surface area (Å²) in [5.41, 5.74) is 1.69. The van der Waals surface area contributed by atoms with Crippen LogP contribution in [0.15, 0.2) is 41.2 Å². The van der Waals surface area contributed by atoms with Gasteiger partial charge in [-0.2, -0.15) is 5.10 Å². The minimum Gasteiger partial charge on any atom is -0.352 e. The van der Waals surface area contributed by atoms with Gasteiger partial charge in [0.2, 0.25) is 11.8 Å². The first-order chi connectivity index (χ1) is 11.3. The van der Waals surface area contributed by atoms with E-state index in [1.54, 1.807) is 30.3 Å². The molecule has 7 nitrogen and oxygen atoms in total. The highest BCUT2D eigenvalue weighted by molar-refractivity contribution is 5.88. The highest BCUT2D eigenvalue weighted by atomic mass is 16.2. The van der Waals surface area contributed by atoms with E-state index in [-0.39, 0.29) is 30.0 Å². The number of carbonyl (C=O) groups excluding carboxylic acids is 2. The van der Waals surface area contributed by atoms with Gasteiger partial charge in [0.05, 0.1) is 5.69 Å². The fraction of sp³-hybridized carbons (Fsp3) is 0.294. The molecule has 2 rings (SSSR count). The van der Waals surface area contributed by atoms with Crippen LogP contribution in [-0.4, -0.2) is 27.6 Å². The Morgan fingerprint density at radius 3 is 2.38 bits per heavy atom. The molecule has 2 aromatic rings. The molecule has 1 aromatic carbocycles. The van der Waals surface area contributed by atoms with Gasteiger partial charge in [-0.25, -0.2) is 4.68 Å². The Morgan fingerprint density at radius 1 is 1.12 bits per heavy atom. The highest BCUT2D eigenvalue weighted by Crippen LogP contribution is 2.18. The van der Waals surface area contributed by atoms with Crippen molar-refractivity contribution in [2.24, 2.45) is 0 Å². The Morgan fingerprint density at radius 2 is 1.79 bits per heavy atom. The molecular formula is C17H20N4O3. The molecule has 0 bridgehead atoms. The number of nitrogens with zero attached hydrogens (tertiary/aromatic N) is 2. The quantitative estimate of drug-likeness (QED) is 0.867. The zero-order chi connectivity index (χ0) is 17.7. The number of hydrogen-bond donors (Lipinski definition) is 2. The number of nitrogens with one attached hydrogen (secondary N) is 2. The van der Waals surface area contributed by atoms with Crippen LogP contribution in [0.1, 0.15) is 20.8 Å².